The molecule has 2 amide bonds. The number of ether oxygens (including phenoxy) is 3. The van der Waals surface area contributed by atoms with Crippen LogP contribution >= 0.6 is 0 Å². The molecule has 1 aliphatic rings. The number of benzene rings is 1. The van der Waals surface area contributed by atoms with Crippen molar-refractivity contribution in [3.8, 4) is 0 Å². The minimum atomic E-state index is -0.743. The molecule has 0 N–H and O–H groups in total. The molecule has 1 heterocycles. The van der Waals surface area contributed by atoms with Crippen LogP contribution in [0.5, 0.6) is 0 Å². The SMILES string of the molecule is CCOC(C)O[C@H]1C(=O)N(C(=O)OC)[C@H]1c1ccccc1. The summed E-state index contributed by atoms with van der Waals surface area (Å²) < 4.78 is 15.6. The molecule has 21 heavy (non-hydrogen) atoms. The van der Waals surface area contributed by atoms with E-state index in [4.69, 9.17) is 9.47 Å². The molecule has 1 aromatic rings. The lowest BCUT2D eigenvalue weighted by molar-refractivity contribution is -0.210. The second kappa shape index (κ2) is 6.69. The first-order valence-corrected chi connectivity index (χ1v) is 6.83. The quantitative estimate of drug-likeness (QED) is 0.614. The Kier molecular flexibility index (Phi) is 4.93. The van der Waals surface area contributed by atoms with E-state index in [-0.39, 0.29) is 0 Å². The van der Waals surface area contributed by atoms with Crippen LogP contribution in [0.15, 0.2) is 30.3 Å². The zero-order valence-electron chi connectivity index (χ0n) is 12.3. The molecule has 0 aliphatic carbocycles. The van der Waals surface area contributed by atoms with Gasteiger partial charge < -0.3 is 14.2 Å². The normalized spacial score (nSPS) is 22.6. The van der Waals surface area contributed by atoms with E-state index in [2.05, 4.69) is 4.74 Å². The van der Waals surface area contributed by atoms with Gasteiger partial charge in [-0.3, -0.25) is 4.79 Å². The standard InChI is InChI=1S/C15H19NO5/c1-4-20-10(2)21-13-12(11-8-6-5-7-9-11)16(14(13)17)15(18)19-3/h5-10,12-13H,4H2,1-3H3/t10?,12-,13+/m0/s1. The van der Waals surface area contributed by atoms with E-state index in [0.717, 1.165) is 10.5 Å². The fourth-order valence-electron chi connectivity index (χ4n) is 2.35. The van der Waals surface area contributed by atoms with Crippen LogP contribution in [0.1, 0.15) is 25.5 Å². The topological polar surface area (TPSA) is 65.1 Å². The van der Waals surface area contributed by atoms with Crippen LogP contribution in [0.2, 0.25) is 0 Å². The van der Waals surface area contributed by atoms with Crippen molar-refractivity contribution in [3.63, 3.8) is 0 Å². The number of methoxy groups -OCH3 is 1. The Balaban J connectivity index is 2.20. The zero-order chi connectivity index (χ0) is 15.4. The van der Waals surface area contributed by atoms with Crippen molar-refractivity contribution < 1.29 is 23.8 Å². The van der Waals surface area contributed by atoms with Crippen LogP contribution < -0.4 is 0 Å². The van der Waals surface area contributed by atoms with Crippen molar-refractivity contribution in [2.45, 2.75) is 32.3 Å². The minimum Gasteiger partial charge on any atom is -0.452 e. The predicted molar refractivity (Wildman–Crippen MR) is 74.4 cm³/mol. The molecule has 1 saturated heterocycles. The first kappa shape index (κ1) is 15.5. The van der Waals surface area contributed by atoms with Crippen molar-refractivity contribution in [3.05, 3.63) is 35.9 Å². The van der Waals surface area contributed by atoms with Gasteiger partial charge in [-0.1, -0.05) is 30.3 Å². The molecule has 1 fully saturated rings. The van der Waals surface area contributed by atoms with Gasteiger partial charge in [0.2, 0.25) is 0 Å². The number of hydrogen-bond donors (Lipinski definition) is 0. The van der Waals surface area contributed by atoms with Gasteiger partial charge in [-0.05, 0) is 19.4 Å². The Bertz CT molecular complexity index is 504. The fourth-order valence-corrected chi connectivity index (χ4v) is 2.35. The number of nitrogens with zero attached hydrogens (tertiary/aromatic N) is 1. The van der Waals surface area contributed by atoms with Crippen molar-refractivity contribution in [1.82, 2.24) is 4.90 Å². The Labute approximate surface area is 123 Å². The highest BCUT2D eigenvalue weighted by atomic mass is 16.7. The highest BCUT2D eigenvalue weighted by molar-refractivity contribution is 6.01. The molecule has 1 unspecified atom stereocenters. The first-order chi connectivity index (χ1) is 10.1. The summed E-state index contributed by atoms with van der Waals surface area (Å²) in [6.07, 6.45) is -1.94. The van der Waals surface area contributed by atoms with E-state index in [0.29, 0.717) is 6.61 Å². The maximum absolute atomic E-state index is 12.1. The summed E-state index contributed by atoms with van der Waals surface area (Å²) in [4.78, 5) is 24.9. The maximum Gasteiger partial charge on any atom is 0.417 e. The number of likely N-dealkylation sites (tertiary alicyclic amines) is 1. The van der Waals surface area contributed by atoms with E-state index in [1.807, 2.05) is 37.3 Å². The van der Waals surface area contributed by atoms with Crippen LogP contribution in [0.4, 0.5) is 4.79 Å². The largest absolute Gasteiger partial charge is 0.452 e. The summed E-state index contributed by atoms with van der Waals surface area (Å²) in [7, 11) is 1.24. The minimum absolute atomic E-state index is 0.415. The smallest absolute Gasteiger partial charge is 0.417 e. The van der Waals surface area contributed by atoms with Gasteiger partial charge in [-0.15, -0.1) is 0 Å². The number of imide groups is 1. The second-order valence-corrected chi connectivity index (χ2v) is 4.61. The second-order valence-electron chi connectivity index (χ2n) is 4.61. The summed E-state index contributed by atoms with van der Waals surface area (Å²) in [5.74, 6) is -0.415. The van der Waals surface area contributed by atoms with E-state index in [9.17, 15) is 9.59 Å². The van der Waals surface area contributed by atoms with Gasteiger partial charge in [0, 0.05) is 6.61 Å². The third kappa shape index (κ3) is 3.06. The Morgan fingerprint density at radius 3 is 2.57 bits per heavy atom. The Morgan fingerprint density at radius 1 is 1.33 bits per heavy atom. The number of β-lactam (4-membered cyclic amide) rings is 1. The molecule has 0 saturated carbocycles. The lowest BCUT2D eigenvalue weighted by Crippen LogP contribution is -2.62. The van der Waals surface area contributed by atoms with Gasteiger partial charge in [0.1, 0.15) is 6.04 Å². The third-order valence-corrected chi connectivity index (χ3v) is 3.30. The van der Waals surface area contributed by atoms with Crippen LogP contribution in [-0.4, -0.2) is 43.0 Å². The molecule has 2 rings (SSSR count). The van der Waals surface area contributed by atoms with Crippen LogP contribution in [0.3, 0.4) is 0 Å². The third-order valence-electron chi connectivity index (χ3n) is 3.30. The van der Waals surface area contributed by atoms with Crippen molar-refractivity contribution in [1.29, 1.82) is 0 Å². The molecule has 1 aromatic carbocycles. The van der Waals surface area contributed by atoms with Gasteiger partial charge in [0.05, 0.1) is 7.11 Å². The van der Waals surface area contributed by atoms with Crippen LogP contribution in [-0.2, 0) is 19.0 Å². The molecule has 0 radical (unpaired) electrons. The Morgan fingerprint density at radius 2 is 2.00 bits per heavy atom. The lowest BCUT2D eigenvalue weighted by Gasteiger charge is -2.44. The molecule has 3 atom stereocenters. The van der Waals surface area contributed by atoms with Gasteiger partial charge in [0.15, 0.2) is 12.4 Å². The van der Waals surface area contributed by atoms with Gasteiger partial charge in [0.25, 0.3) is 5.91 Å². The summed E-state index contributed by atoms with van der Waals surface area (Å²) in [5.41, 5.74) is 0.816. The molecule has 1 aliphatic heterocycles. The molecule has 6 heteroatoms. The van der Waals surface area contributed by atoms with Crippen molar-refractivity contribution >= 4 is 12.0 Å². The van der Waals surface area contributed by atoms with E-state index < -0.39 is 30.4 Å². The summed E-state index contributed by atoms with van der Waals surface area (Å²) >= 11 is 0. The summed E-state index contributed by atoms with van der Waals surface area (Å²) in [5, 5.41) is 0. The predicted octanol–water partition coefficient (Wildman–Crippen LogP) is 2.10. The molecule has 0 aromatic heterocycles. The molecule has 6 nitrogen and oxygen atoms in total. The number of carbonyl (C=O) groups excluding carboxylic acids is 2. The summed E-state index contributed by atoms with van der Waals surface area (Å²) in [6, 6.07) is 8.75. The van der Waals surface area contributed by atoms with E-state index in [1.165, 1.54) is 7.11 Å². The van der Waals surface area contributed by atoms with Crippen LogP contribution in [0, 0.1) is 0 Å². The number of rotatable bonds is 5. The van der Waals surface area contributed by atoms with Gasteiger partial charge in [-0.2, -0.15) is 0 Å². The molecule has 114 valence electrons. The average Bonchev–Trinajstić information content (AvgIpc) is 2.50. The lowest BCUT2D eigenvalue weighted by atomic mass is 9.91. The molecule has 0 bridgehead atoms. The van der Waals surface area contributed by atoms with Crippen molar-refractivity contribution in [2.75, 3.05) is 13.7 Å². The van der Waals surface area contributed by atoms with Crippen molar-refractivity contribution in [2.24, 2.45) is 0 Å². The molecule has 0 spiro atoms. The first-order valence-electron chi connectivity index (χ1n) is 6.83. The zero-order valence-corrected chi connectivity index (χ0v) is 12.3. The van der Waals surface area contributed by atoms with Gasteiger partial charge >= 0.3 is 6.09 Å². The maximum atomic E-state index is 12.1. The monoisotopic (exact) mass is 293 g/mol. The van der Waals surface area contributed by atoms with E-state index >= 15 is 0 Å². The summed E-state index contributed by atoms with van der Waals surface area (Å²) in [6.45, 7) is 4.05. The number of amides is 2. The molecular formula is C15H19NO5. The van der Waals surface area contributed by atoms with E-state index in [1.54, 1.807) is 6.92 Å². The highest BCUT2D eigenvalue weighted by Crippen LogP contribution is 2.38. The fraction of sp³-hybridized carbons (Fsp3) is 0.467. The highest BCUT2D eigenvalue weighted by Gasteiger charge is 2.53. The average molecular weight is 293 g/mol. The van der Waals surface area contributed by atoms with Gasteiger partial charge in [-0.25, -0.2) is 9.69 Å². The number of hydrogen-bond acceptors (Lipinski definition) is 5. The Hall–Kier alpha value is -1.92. The van der Waals surface area contributed by atoms with Crippen LogP contribution in [0.25, 0.3) is 0 Å². The number of carbonyl (C=O) groups is 2. The molecular weight excluding hydrogens is 274 g/mol.